The molecule has 2 N–H and O–H groups in total. The second kappa shape index (κ2) is 7.28. The van der Waals surface area contributed by atoms with Crippen molar-refractivity contribution in [3.8, 4) is 11.5 Å². The van der Waals surface area contributed by atoms with Gasteiger partial charge in [-0.15, -0.1) is 0 Å². The number of piperidine rings is 1. The third-order valence-electron chi connectivity index (χ3n) is 4.07. The van der Waals surface area contributed by atoms with Crippen LogP contribution in [-0.4, -0.2) is 55.1 Å². The Morgan fingerprint density at radius 3 is 2.91 bits per heavy atom. The van der Waals surface area contributed by atoms with Crippen LogP contribution in [0.15, 0.2) is 18.6 Å². The number of carbonyl (C=O) groups excluding carboxylic acids is 1. The summed E-state index contributed by atoms with van der Waals surface area (Å²) in [6.07, 6.45) is 8.38. The number of aromatic nitrogens is 5. The van der Waals surface area contributed by atoms with Gasteiger partial charge in [-0.1, -0.05) is 6.42 Å². The number of hydrogen-bond acceptors (Lipinski definition) is 6. The first-order valence-corrected chi connectivity index (χ1v) is 7.93. The average molecular weight is 315 g/mol. The lowest BCUT2D eigenvalue weighted by Crippen LogP contribution is -2.47. The van der Waals surface area contributed by atoms with Gasteiger partial charge >= 0.3 is 0 Å². The molecule has 1 aliphatic heterocycles. The van der Waals surface area contributed by atoms with Crippen molar-refractivity contribution in [2.24, 2.45) is 0 Å². The summed E-state index contributed by atoms with van der Waals surface area (Å²) < 4.78 is 0. The Kier molecular flexibility index (Phi) is 4.92. The van der Waals surface area contributed by atoms with Gasteiger partial charge in [-0.25, -0.2) is 9.97 Å². The summed E-state index contributed by atoms with van der Waals surface area (Å²) >= 11 is 0. The molecular formula is C15H21N7O. The number of carbonyl (C=O) groups is 1. The van der Waals surface area contributed by atoms with E-state index in [1.165, 1.54) is 19.3 Å². The van der Waals surface area contributed by atoms with Crippen molar-refractivity contribution in [2.45, 2.75) is 38.8 Å². The maximum Gasteiger partial charge on any atom is 0.237 e. The van der Waals surface area contributed by atoms with Gasteiger partial charge in [-0.2, -0.15) is 5.10 Å². The number of hydrogen-bond donors (Lipinski definition) is 2. The van der Waals surface area contributed by atoms with Gasteiger partial charge in [0.1, 0.15) is 11.5 Å². The quantitative estimate of drug-likeness (QED) is 0.844. The molecule has 0 radical (unpaired) electrons. The van der Waals surface area contributed by atoms with E-state index in [1.54, 1.807) is 18.6 Å². The van der Waals surface area contributed by atoms with E-state index in [2.05, 4.69) is 35.4 Å². The van der Waals surface area contributed by atoms with E-state index >= 15 is 0 Å². The third kappa shape index (κ3) is 3.89. The number of rotatable bonds is 5. The van der Waals surface area contributed by atoms with Crippen LogP contribution in [0.25, 0.3) is 11.5 Å². The molecule has 122 valence electrons. The van der Waals surface area contributed by atoms with Gasteiger partial charge < -0.3 is 5.32 Å². The topological polar surface area (TPSA) is 99.7 Å². The van der Waals surface area contributed by atoms with Gasteiger partial charge in [-0.05, 0) is 32.9 Å². The molecule has 3 rings (SSSR count). The van der Waals surface area contributed by atoms with Crippen LogP contribution in [0.1, 0.15) is 32.0 Å². The second-order valence-corrected chi connectivity index (χ2v) is 5.69. The summed E-state index contributed by atoms with van der Waals surface area (Å²) in [6, 6.07) is -0.113. The Balaban J connectivity index is 1.54. The Morgan fingerprint density at radius 2 is 2.17 bits per heavy atom. The smallest absolute Gasteiger partial charge is 0.237 e. The number of nitrogens with zero attached hydrogens (tertiary/aromatic N) is 5. The largest absolute Gasteiger partial charge is 0.347 e. The Morgan fingerprint density at radius 1 is 1.35 bits per heavy atom. The second-order valence-electron chi connectivity index (χ2n) is 5.69. The molecule has 1 saturated heterocycles. The fourth-order valence-electron chi connectivity index (χ4n) is 2.69. The molecule has 1 amide bonds. The van der Waals surface area contributed by atoms with E-state index in [0.717, 1.165) is 13.1 Å². The van der Waals surface area contributed by atoms with Crippen LogP contribution < -0.4 is 5.32 Å². The van der Waals surface area contributed by atoms with Crippen molar-refractivity contribution >= 4 is 5.91 Å². The molecule has 2 aromatic rings. The van der Waals surface area contributed by atoms with E-state index in [0.29, 0.717) is 23.9 Å². The lowest BCUT2D eigenvalue weighted by molar-refractivity contribution is -0.126. The number of H-pyrrole nitrogens is 1. The van der Waals surface area contributed by atoms with E-state index in [1.807, 2.05) is 6.92 Å². The van der Waals surface area contributed by atoms with Crippen molar-refractivity contribution in [1.29, 1.82) is 0 Å². The predicted octanol–water partition coefficient (Wildman–Crippen LogP) is 0.752. The highest BCUT2D eigenvalue weighted by Gasteiger charge is 2.22. The van der Waals surface area contributed by atoms with Crippen LogP contribution in [0.5, 0.6) is 0 Å². The normalized spacial score (nSPS) is 16.9. The molecular weight excluding hydrogens is 294 g/mol. The molecule has 2 aromatic heterocycles. The van der Waals surface area contributed by atoms with E-state index in [-0.39, 0.29) is 11.9 Å². The fourth-order valence-corrected chi connectivity index (χ4v) is 2.69. The van der Waals surface area contributed by atoms with Crippen molar-refractivity contribution in [1.82, 2.24) is 35.4 Å². The molecule has 8 heteroatoms. The van der Waals surface area contributed by atoms with Crippen molar-refractivity contribution < 1.29 is 4.79 Å². The zero-order chi connectivity index (χ0) is 16.1. The van der Waals surface area contributed by atoms with Gasteiger partial charge in [0.25, 0.3) is 0 Å². The summed E-state index contributed by atoms with van der Waals surface area (Å²) in [6.45, 7) is 4.26. The average Bonchev–Trinajstić information content (AvgIpc) is 3.09. The summed E-state index contributed by atoms with van der Waals surface area (Å²) in [5, 5.41) is 9.83. The van der Waals surface area contributed by atoms with Gasteiger partial charge in [0.15, 0.2) is 0 Å². The standard InChI is InChI=1S/C15H21N7O/c1-11(22-7-3-2-4-8-22)15(23)18-10-13-19-14(21-20-13)12-9-16-5-6-17-12/h5-6,9,11H,2-4,7-8,10H2,1H3,(H,18,23)(H,19,20,21). The highest BCUT2D eigenvalue weighted by Crippen LogP contribution is 2.12. The summed E-state index contributed by atoms with van der Waals surface area (Å²) in [4.78, 5) is 26.9. The van der Waals surface area contributed by atoms with Crippen LogP contribution in [0, 0.1) is 0 Å². The minimum absolute atomic E-state index is 0.0179. The zero-order valence-corrected chi connectivity index (χ0v) is 13.2. The molecule has 23 heavy (non-hydrogen) atoms. The number of amides is 1. The molecule has 1 aliphatic rings. The molecule has 0 saturated carbocycles. The van der Waals surface area contributed by atoms with Gasteiger partial charge in [0.2, 0.25) is 11.7 Å². The zero-order valence-electron chi connectivity index (χ0n) is 13.2. The monoisotopic (exact) mass is 315 g/mol. The van der Waals surface area contributed by atoms with E-state index in [9.17, 15) is 4.79 Å². The van der Waals surface area contributed by atoms with Crippen LogP contribution in [0.2, 0.25) is 0 Å². The molecule has 1 atom stereocenters. The molecule has 8 nitrogen and oxygen atoms in total. The summed E-state index contributed by atoms with van der Waals surface area (Å²) in [5.74, 6) is 1.10. The lowest BCUT2D eigenvalue weighted by atomic mass is 10.1. The maximum atomic E-state index is 12.3. The molecule has 1 fully saturated rings. The molecule has 3 heterocycles. The maximum absolute atomic E-state index is 12.3. The van der Waals surface area contributed by atoms with E-state index < -0.39 is 0 Å². The van der Waals surface area contributed by atoms with Gasteiger partial charge in [-0.3, -0.25) is 19.8 Å². The van der Waals surface area contributed by atoms with Gasteiger partial charge in [0, 0.05) is 12.4 Å². The number of nitrogens with one attached hydrogen (secondary N) is 2. The van der Waals surface area contributed by atoms with Crippen molar-refractivity contribution in [3.63, 3.8) is 0 Å². The fraction of sp³-hybridized carbons (Fsp3) is 0.533. The Bertz CT molecular complexity index is 636. The molecule has 1 unspecified atom stereocenters. The summed E-state index contributed by atoms with van der Waals surface area (Å²) in [7, 11) is 0. The SMILES string of the molecule is CC(C(=O)NCc1nc(-c2cnccn2)n[nH]1)N1CCCCC1. The Labute approximate surface area is 134 Å². The highest BCUT2D eigenvalue weighted by molar-refractivity contribution is 5.81. The van der Waals surface area contributed by atoms with Crippen LogP contribution in [0.4, 0.5) is 0 Å². The highest BCUT2D eigenvalue weighted by atomic mass is 16.2. The first-order valence-electron chi connectivity index (χ1n) is 7.93. The lowest BCUT2D eigenvalue weighted by Gasteiger charge is -2.31. The predicted molar refractivity (Wildman–Crippen MR) is 84.1 cm³/mol. The first-order chi connectivity index (χ1) is 11.2. The van der Waals surface area contributed by atoms with Crippen LogP contribution >= 0.6 is 0 Å². The van der Waals surface area contributed by atoms with Crippen molar-refractivity contribution in [2.75, 3.05) is 13.1 Å². The van der Waals surface area contributed by atoms with Crippen LogP contribution in [-0.2, 0) is 11.3 Å². The van der Waals surface area contributed by atoms with Gasteiger partial charge in [0.05, 0.1) is 18.8 Å². The van der Waals surface area contributed by atoms with E-state index in [4.69, 9.17) is 0 Å². The number of likely N-dealkylation sites (tertiary alicyclic amines) is 1. The minimum Gasteiger partial charge on any atom is -0.347 e. The summed E-state index contributed by atoms with van der Waals surface area (Å²) in [5.41, 5.74) is 0.600. The third-order valence-corrected chi connectivity index (χ3v) is 4.07. The van der Waals surface area contributed by atoms with Crippen molar-refractivity contribution in [3.05, 3.63) is 24.4 Å². The molecule has 0 spiro atoms. The minimum atomic E-state index is -0.113. The molecule has 0 bridgehead atoms. The Hall–Kier alpha value is -2.35. The first kappa shape index (κ1) is 15.5. The molecule has 0 aromatic carbocycles. The van der Waals surface area contributed by atoms with Crippen LogP contribution in [0.3, 0.4) is 0 Å². The molecule has 0 aliphatic carbocycles. The number of aromatic amines is 1.